The van der Waals surface area contributed by atoms with Gasteiger partial charge in [0.15, 0.2) is 26.9 Å². The average Bonchev–Trinajstić information content (AvgIpc) is 3.31. The third-order valence-electron chi connectivity index (χ3n) is 5.61. The van der Waals surface area contributed by atoms with Crippen LogP contribution in [0.25, 0.3) is 0 Å². The summed E-state index contributed by atoms with van der Waals surface area (Å²) in [7, 11) is 1.50. The lowest BCUT2D eigenvalue weighted by molar-refractivity contribution is -0.131. The molecule has 0 saturated carbocycles. The van der Waals surface area contributed by atoms with Crippen LogP contribution >= 0.6 is 11.8 Å². The van der Waals surface area contributed by atoms with Gasteiger partial charge in [-0.05, 0) is 38.6 Å². The molecule has 4 atom stereocenters. The maximum atomic E-state index is 12.9. The number of carbonyl (C=O) groups is 2. The van der Waals surface area contributed by atoms with Gasteiger partial charge in [0, 0.05) is 6.42 Å². The lowest BCUT2D eigenvalue weighted by Gasteiger charge is -2.39. The van der Waals surface area contributed by atoms with Gasteiger partial charge in [-0.3, -0.25) is 9.59 Å². The molecule has 26 heavy (non-hydrogen) atoms. The Morgan fingerprint density at radius 2 is 1.96 bits per heavy atom. The van der Waals surface area contributed by atoms with Crippen LogP contribution in [0.15, 0.2) is 18.2 Å². The topological polar surface area (TPSA) is 106 Å². The number of nitriles is 1. The monoisotopic (exact) mass is 373 g/mol. The van der Waals surface area contributed by atoms with Gasteiger partial charge in [-0.15, -0.1) is 11.8 Å². The minimum absolute atomic E-state index is 0.0604. The highest BCUT2D eigenvalue weighted by Crippen LogP contribution is 2.73. The zero-order valence-corrected chi connectivity index (χ0v) is 15.6. The highest BCUT2D eigenvalue weighted by molar-refractivity contribution is 8.07. The van der Waals surface area contributed by atoms with E-state index in [-0.39, 0.29) is 18.5 Å². The van der Waals surface area contributed by atoms with Crippen molar-refractivity contribution in [2.75, 3.05) is 13.8 Å². The first kappa shape index (κ1) is 17.2. The number of nitrogens with two attached hydrogens (primary N) is 1. The Hall–Kier alpha value is -2.24. The number of benzene rings is 1. The van der Waals surface area contributed by atoms with Gasteiger partial charge in [-0.1, -0.05) is 6.07 Å². The van der Waals surface area contributed by atoms with Crippen molar-refractivity contribution in [1.82, 2.24) is 4.90 Å². The van der Waals surface area contributed by atoms with E-state index >= 15 is 0 Å². The number of carbonyl (C=O) groups excluding carboxylic acids is 2. The van der Waals surface area contributed by atoms with E-state index in [9.17, 15) is 14.9 Å². The summed E-state index contributed by atoms with van der Waals surface area (Å²) in [5, 5.41) is 9.81. The molecule has 0 aliphatic carbocycles. The van der Waals surface area contributed by atoms with Crippen LogP contribution in [0.5, 0.6) is 11.5 Å². The van der Waals surface area contributed by atoms with Gasteiger partial charge in [0.05, 0.1) is 17.5 Å². The standard InChI is InChI=1S/C17H14N2O4S.CH5N/c1-15(7-18)6-17-13(20)16(2,24-17)14(21)19(17)12(15)9-3-4-10-11(5-9)23-8-22-10;1-2/h3-5,12H,6,8H2,1-2H3;2H2,1H3. The van der Waals surface area contributed by atoms with Crippen LogP contribution in [-0.2, 0) is 9.59 Å². The summed E-state index contributed by atoms with van der Waals surface area (Å²) in [4.78, 5) is 26.4. The smallest absolute Gasteiger partial charge is 0.248 e. The number of rotatable bonds is 1. The molecule has 1 aromatic carbocycles. The minimum Gasteiger partial charge on any atom is -0.454 e. The molecule has 1 spiro atoms. The van der Waals surface area contributed by atoms with Gasteiger partial charge >= 0.3 is 0 Å². The van der Waals surface area contributed by atoms with E-state index in [1.165, 1.54) is 18.8 Å². The highest BCUT2D eigenvalue weighted by Gasteiger charge is 2.83. The fraction of sp³-hybridized carbons (Fsp3) is 0.500. The summed E-state index contributed by atoms with van der Waals surface area (Å²) in [5.74, 6) is 1.02. The molecule has 0 aromatic heterocycles. The van der Waals surface area contributed by atoms with Crippen molar-refractivity contribution in [3.05, 3.63) is 23.8 Å². The van der Waals surface area contributed by atoms with Crippen molar-refractivity contribution in [2.45, 2.75) is 35.9 Å². The van der Waals surface area contributed by atoms with E-state index in [1.807, 2.05) is 19.1 Å². The second kappa shape index (κ2) is 5.15. The van der Waals surface area contributed by atoms with E-state index < -0.39 is 21.1 Å². The number of nitrogens with zero attached hydrogens (tertiary/aromatic N) is 2. The number of thioether (sulfide) groups is 1. The average molecular weight is 373 g/mol. The van der Waals surface area contributed by atoms with Crippen LogP contribution in [0, 0.1) is 16.7 Å². The first-order valence-electron chi connectivity index (χ1n) is 8.33. The van der Waals surface area contributed by atoms with Crippen molar-refractivity contribution < 1.29 is 19.1 Å². The molecule has 2 bridgehead atoms. The van der Waals surface area contributed by atoms with Crippen molar-refractivity contribution in [2.24, 2.45) is 11.1 Å². The number of ether oxygens (including phenoxy) is 2. The molecule has 1 amide bonds. The predicted molar refractivity (Wildman–Crippen MR) is 94.3 cm³/mol. The third-order valence-corrected chi connectivity index (χ3v) is 7.25. The van der Waals surface area contributed by atoms with Crippen LogP contribution in [0.4, 0.5) is 0 Å². The maximum Gasteiger partial charge on any atom is 0.248 e. The Bertz CT molecular complexity index is 884. The normalized spacial score (nSPS) is 38.3. The van der Waals surface area contributed by atoms with Crippen LogP contribution in [0.1, 0.15) is 31.9 Å². The quantitative estimate of drug-likeness (QED) is 0.745. The third kappa shape index (κ3) is 1.72. The van der Waals surface area contributed by atoms with Gasteiger partial charge in [0.1, 0.15) is 0 Å². The fourth-order valence-corrected chi connectivity index (χ4v) is 6.48. The predicted octanol–water partition coefficient (Wildman–Crippen LogP) is 1.58. The van der Waals surface area contributed by atoms with Gasteiger partial charge in [0.2, 0.25) is 12.7 Å². The molecule has 0 radical (unpaired) electrons. The number of Topliss-reactive ketones (excluding diaryl/α,β-unsaturated/α-hetero) is 1. The Balaban J connectivity index is 0.000000814. The first-order valence-corrected chi connectivity index (χ1v) is 9.15. The highest BCUT2D eigenvalue weighted by atomic mass is 32.2. The lowest BCUT2D eigenvalue weighted by Crippen LogP contribution is -2.54. The van der Waals surface area contributed by atoms with Crippen LogP contribution in [-0.4, -0.2) is 40.0 Å². The Morgan fingerprint density at radius 3 is 2.62 bits per heavy atom. The molecular weight excluding hydrogens is 354 g/mol. The van der Waals surface area contributed by atoms with E-state index in [1.54, 1.807) is 17.9 Å². The largest absolute Gasteiger partial charge is 0.454 e. The summed E-state index contributed by atoms with van der Waals surface area (Å²) >= 11 is 1.39. The molecule has 2 N–H and O–H groups in total. The second-order valence-corrected chi connectivity index (χ2v) is 8.84. The summed E-state index contributed by atoms with van der Waals surface area (Å²) < 4.78 is 9.79. The van der Waals surface area contributed by atoms with Gasteiger partial charge in [0.25, 0.3) is 0 Å². The van der Waals surface area contributed by atoms with Crippen LogP contribution in [0.3, 0.4) is 0 Å². The molecule has 136 valence electrons. The molecule has 7 nitrogen and oxygen atoms in total. The SMILES string of the molecule is CC12SC3(CC(C)(C#N)C(c4ccc5c(c4)OCO5)N3C1=O)C2=O.CN. The number of hydrogen-bond acceptors (Lipinski definition) is 7. The van der Waals surface area contributed by atoms with Gasteiger partial charge in [-0.2, -0.15) is 5.26 Å². The van der Waals surface area contributed by atoms with Gasteiger partial charge < -0.3 is 20.1 Å². The fourth-order valence-electron chi connectivity index (χ4n) is 4.56. The molecule has 8 heteroatoms. The molecule has 4 saturated heterocycles. The molecular formula is C18H19N3O4S. The maximum absolute atomic E-state index is 12.9. The summed E-state index contributed by atoms with van der Waals surface area (Å²) in [6.45, 7) is 3.68. The molecule has 1 aromatic rings. The molecule has 6 rings (SSSR count). The zero-order valence-electron chi connectivity index (χ0n) is 14.7. The van der Waals surface area contributed by atoms with Gasteiger partial charge in [-0.25, -0.2) is 0 Å². The van der Waals surface area contributed by atoms with E-state index in [0.29, 0.717) is 17.9 Å². The Labute approximate surface area is 155 Å². The Kier molecular flexibility index (Phi) is 3.40. The van der Waals surface area contributed by atoms with Crippen LogP contribution < -0.4 is 15.2 Å². The number of fused-ring (bicyclic) bond motifs is 1. The molecule has 4 unspecified atom stereocenters. The molecule has 5 aliphatic rings. The summed E-state index contributed by atoms with van der Waals surface area (Å²) in [6.07, 6.45) is 0.362. The van der Waals surface area contributed by atoms with E-state index in [2.05, 4.69) is 11.8 Å². The summed E-state index contributed by atoms with van der Waals surface area (Å²) in [6, 6.07) is 7.36. The lowest BCUT2D eigenvalue weighted by atomic mass is 9.77. The summed E-state index contributed by atoms with van der Waals surface area (Å²) in [5.41, 5.74) is 4.48. The molecule has 5 heterocycles. The molecule has 5 aliphatic heterocycles. The number of hydrogen-bond donors (Lipinski definition) is 1. The second-order valence-electron chi connectivity index (χ2n) is 7.15. The van der Waals surface area contributed by atoms with E-state index in [4.69, 9.17) is 9.47 Å². The number of ketones is 1. The van der Waals surface area contributed by atoms with Crippen molar-refractivity contribution in [3.63, 3.8) is 0 Å². The van der Waals surface area contributed by atoms with Crippen molar-refractivity contribution >= 4 is 23.5 Å². The zero-order chi connectivity index (χ0) is 18.9. The van der Waals surface area contributed by atoms with Crippen LogP contribution in [0.2, 0.25) is 0 Å². The molecule has 4 fully saturated rings. The Morgan fingerprint density at radius 1 is 1.27 bits per heavy atom. The number of amides is 1. The van der Waals surface area contributed by atoms with Crippen molar-refractivity contribution in [1.29, 1.82) is 5.26 Å². The first-order chi connectivity index (χ1) is 12.4. The minimum atomic E-state index is -0.981. The van der Waals surface area contributed by atoms with Crippen molar-refractivity contribution in [3.8, 4) is 17.6 Å². The van der Waals surface area contributed by atoms with E-state index in [0.717, 1.165) is 5.56 Å².